The fourth-order valence-electron chi connectivity index (χ4n) is 7.83. The van der Waals surface area contributed by atoms with Gasteiger partial charge in [-0.15, -0.1) is 0 Å². The second-order valence-corrected chi connectivity index (χ2v) is 11.7. The van der Waals surface area contributed by atoms with Crippen LogP contribution in [0.5, 0.6) is 0 Å². The Labute approximate surface area is 243 Å². The maximum absolute atomic E-state index is 2.43. The van der Waals surface area contributed by atoms with E-state index in [9.17, 15) is 0 Å². The fraction of sp³-hybridized carbons (Fsp3) is 0.0500. The van der Waals surface area contributed by atoms with Gasteiger partial charge in [0.25, 0.3) is 0 Å². The highest BCUT2D eigenvalue weighted by molar-refractivity contribution is 6.10. The van der Waals surface area contributed by atoms with Crippen molar-refractivity contribution in [1.82, 2.24) is 9.13 Å². The Hall–Kier alpha value is -5.34. The smallest absolute Gasteiger partial charge is 0.0541 e. The quantitative estimate of drug-likeness (QED) is 0.209. The van der Waals surface area contributed by atoms with Crippen LogP contribution in [0.15, 0.2) is 133 Å². The Morgan fingerprint density at radius 2 is 0.690 bits per heavy atom. The molecule has 0 spiro atoms. The molecule has 0 saturated heterocycles. The highest BCUT2D eigenvalue weighted by Gasteiger charge is 2.30. The summed E-state index contributed by atoms with van der Waals surface area (Å²) in [6.07, 6.45) is 1.99. The molecule has 0 fully saturated rings. The molecule has 2 nitrogen and oxygen atoms in total. The third kappa shape index (κ3) is 2.89. The van der Waals surface area contributed by atoms with Crippen LogP contribution in [0.1, 0.15) is 22.3 Å². The van der Waals surface area contributed by atoms with Gasteiger partial charge in [0.15, 0.2) is 0 Å². The molecule has 0 atom stereocenters. The second-order valence-electron chi connectivity index (χ2n) is 11.7. The van der Waals surface area contributed by atoms with Crippen LogP contribution in [-0.4, -0.2) is 9.13 Å². The first-order valence-corrected chi connectivity index (χ1v) is 14.8. The molecule has 0 bridgehead atoms. The van der Waals surface area contributed by atoms with Crippen molar-refractivity contribution < 1.29 is 0 Å². The molecule has 2 heterocycles. The summed E-state index contributed by atoms with van der Waals surface area (Å²) in [4.78, 5) is 0. The average molecular weight is 535 g/mol. The minimum atomic E-state index is 0.997. The molecule has 2 aromatic heterocycles. The van der Waals surface area contributed by atoms with Gasteiger partial charge in [0.1, 0.15) is 0 Å². The van der Waals surface area contributed by atoms with Crippen molar-refractivity contribution >= 4 is 54.8 Å². The second kappa shape index (κ2) is 8.11. The predicted molar refractivity (Wildman–Crippen MR) is 176 cm³/mol. The van der Waals surface area contributed by atoms with Gasteiger partial charge in [0.2, 0.25) is 0 Å². The molecule has 196 valence electrons. The normalized spacial score (nSPS) is 13.9. The lowest BCUT2D eigenvalue weighted by molar-refractivity contribution is 1.14. The molecule has 2 aliphatic rings. The Bertz CT molecular complexity index is 2180. The maximum atomic E-state index is 2.43. The van der Waals surface area contributed by atoms with E-state index < -0.39 is 0 Å². The summed E-state index contributed by atoms with van der Waals surface area (Å²) in [5, 5.41) is 5.23. The number of aromatic nitrogens is 2. The van der Waals surface area contributed by atoms with E-state index in [4.69, 9.17) is 0 Å². The van der Waals surface area contributed by atoms with E-state index in [1.54, 1.807) is 0 Å². The number of allylic oxidation sites excluding steroid dienone is 2. The van der Waals surface area contributed by atoms with E-state index in [-0.39, 0.29) is 0 Å². The summed E-state index contributed by atoms with van der Waals surface area (Å²) in [6, 6.07) is 49.3. The molecule has 0 radical (unpaired) electrons. The third-order valence-electron chi connectivity index (χ3n) is 9.60. The minimum absolute atomic E-state index is 0.997. The number of fused-ring (bicyclic) bond motifs is 10. The number of para-hydroxylation sites is 4. The topological polar surface area (TPSA) is 9.86 Å². The van der Waals surface area contributed by atoms with Gasteiger partial charge in [-0.1, -0.05) is 84.9 Å². The number of rotatable bonds is 2. The van der Waals surface area contributed by atoms with Crippen LogP contribution in [0.4, 0.5) is 0 Å². The zero-order valence-electron chi connectivity index (χ0n) is 23.0. The van der Waals surface area contributed by atoms with Crippen molar-refractivity contribution in [2.75, 3.05) is 0 Å². The van der Waals surface area contributed by atoms with E-state index in [0.29, 0.717) is 0 Å². The lowest BCUT2D eigenvalue weighted by Gasteiger charge is -2.14. The lowest BCUT2D eigenvalue weighted by atomic mass is 9.98. The van der Waals surface area contributed by atoms with E-state index in [1.807, 2.05) is 0 Å². The summed E-state index contributed by atoms with van der Waals surface area (Å²) in [6.45, 7) is 0. The van der Waals surface area contributed by atoms with Gasteiger partial charge in [-0.2, -0.15) is 0 Å². The molecule has 0 aliphatic heterocycles. The molecule has 2 aliphatic carbocycles. The number of hydrogen-bond acceptors (Lipinski definition) is 0. The lowest BCUT2D eigenvalue weighted by Crippen LogP contribution is -1.99. The number of nitrogens with zero attached hydrogens (tertiary/aromatic N) is 2. The summed E-state index contributed by atoms with van der Waals surface area (Å²) in [7, 11) is 0. The molecule has 2 heteroatoms. The van der Waals surface area contributed by atoms with Crippen molar-refractivity contribution in [3.8, 4) is 11.4 Å². The van der Waals surface area contributed by atoms with Crippen molar-refractivity contribution in [3.63, 3.8) is 0 Å². The maximum Gasteiger partial charge on any atom is 0.0541 e. The van der Waals surface area contributed by atoms with Crippen molar-refractivity contribution in [2.45, 2.75) is 12.8 Å². The fourth-order valence-corrected chi connectivity index (χ4v) is 7.83. The first-order chi connectivity index (χ1) is 20.8. The molecular formula is C40H26N2. The Kier molecular flexibility index (Phi) is 4.32. The van der Waals surface area contributed by atoms with E-state index >= 15 is 0 Å². The summed E-state index contributed by atoms with van der Waals surface area (Å²) < 4.78 is 4.86. The van der Waals surface area contributed by atoms with Crippen molar-refractivity contribution in [3.05, 3.63) is 156 Å². The SMILES string of the molecule is c1ccc2c(c1)c1ccccc1n2-c1ccc2c(c1)CC1=C2Cc2cc(-n3c4ccccc4c4ccccc43)ccc21. The van der Waals surface area contributed by atoms with Gasteiger partial charge >= 0.3 is 0 Å². The average Bonchev–Trinajstić information content (AvgIpc) is 3.77. The number of hydrogen-bond donors (Lipinski definition) is 0. The predicted octanol–water partition coefficient (Wildman–Crippen LogP) is 9.90. The molecule has 0 N–H and O–H groups in total. The molecule has 0 unspecified atom stereocenters. The van der Waals surface area contributed by atoms with E-state index in [0.717, 1.165) is 12.8 Å². The molecule has 10 rings (SSSR count). The largest absolute Gasteiger partial charge is 0.309 e. The molecule has 0 amide bonds. The van der Waals surface area contributed by atoms with E-state index in [1.165, 1.54) is 88.4 Å². The monoisotopic (exact) mass is 534 g/mol. The van der Waals surface area contributed by atoms with Crippen LogP contribution in [0, 0.1) is 0 Å². The Morgan fingerprint density at radius 1 is 0.357 bits per heavy atom. The highest BCUT2D eigenvalue weighted by Crippen LogP contribution is 2.48. The van der Waals surface area contributed by atoms with Crippen LogP contribution in [0.2, 0.25) is 0 Å². The van der Waals surface area contributed by atoms with Crippen molar-refractivity contribution in [2.24, 2.45) is 0 Å². The number of benzene rings is 6. The van der Waals surface area contributed by atoms with Gasteiger partial charge in [-0.25, -0.2) is 0 Å². The Balaban J connectivity index is 1.06. The van der Waals surface area contributed by atoms with Crippen LogP contribution >= 0.6 is 0 Å². The zero-order valence-corrected chi connectivity index (χ0v) is 23.0. The minimum Gasteiger partial charge on any atom is -0.309 e. The summed E-state index contributed by atoms with van der Waals surface area (Å²) in [5.74, 6) is 0. The summed E-state index contributed by atoms with van der Waals surface area (Å²) >= 11 is 0. The molecule has 42 heavy (non-hydrogen) atoms. The van der Waals surface area contributed by atoms with Gasteiger partial charge in [-0.05, 0) is 94.8 Å². The first kappa shape index (κ1) is 22.4. The van der Waals surface area contributed by atoms with Gasteiger partial charge < -0.3 is 9.13 Å². The van der Waals surface area contributed by atoms with Crippen LogP contribution < -0.4 is 0 Å². The van der Waals surface area contributed by atoms with Crippen LogP contribution in [0.3, 0.4) is 0 Å². The molecule has 8 aromatic rings. The van der Waals surface area contributed by atoms with Gasteiger partial charge in [-0.3, -0.25) is 0 Å². The molecular weight excluding hydrogens is 508 g/mol. The molecule has 6 aromatic carbocycles. The van der Waals surface area contributed by atoms with Crippen LogP contribution in [0.25, 0.3) is 66.1 Å². The highest BCUT2D eigenvalue weighted by atomic mass is 15.0. The summed E-state index contributed by atoms with van der Waals surface area (Å²) in [5.41, 5.74) is 16.3. The van der Waals surface area contributed by atoms with Crippen molar-refractivity contribution in [1.29, 1.82) is 0 Å². The van der Waals surface area contributed by atoms with E-state index in [2.05, 4.69) is 143 Å². The van der Waals surface area contributed by atoms with Gasteiger partial charge in [0, 0.05) is 32.9 Å². The first-order valence-electron chi connectivity index (χ1n) is 14.8. The third-order valence-corrected chi connectivity index (χ3v) is 9.60. The standard InChI is InChI=1S/C40H26N2/c1-5-13-37-31(9-1)32-10-2-6-14-38(32)41(37)27-17-19-29-25(21-27)23-35-30-20-18-28(22-26(30)24-36(29)35)42-39-15-7-3-11-33(39)34-12-4-8-16-40(34)42/h1-22H,23-24H2. The zero-order chi connectivity index (χ0) is 27.4. The molecule has 0 saturated carbocycles. The van der Waals surface area contributed by atoms with Crippen LogP contribution in [-0.2, 0) is 12.8 Å². The van der Waals surface area contributed by atoms with Gasteiger partial charge in [0.05, 0.1) is 22.1 Å². The Morgan fingerprint density at radius 3 is 1.05 bits per heavy atom.